The van der Waals surface area contributed by atoms with Crippen LogP contribution in [0.2, 0.25) is 0 Å². The number of benzene rings is 2. The highest BCUT2D eigenvalue weighted by molar-refractivity contribution is 5.30. The van der Waals surface area contributed by atoms with Crippen LogP contribution >= 0.6 is 0 Å². The standard InChI is InChI=1S/C21H26F3NO/c1-14(2)19(20(26)16-9-5-4-6-10-16)25-15(3)13-17-11-7-8-12-18(17)21(22,23)24/h4-12,14-15,19-20,25-26H,13H2,1-3H3. The van der Waals surface area contributed by atoms with E-state index >= 15 is 0 Å². The number of aliphatic hydroxyl groups is 1. The van der Waals surface area contributed by atoms with Crippen LogP contribution in [0.1, 0.15) is 43.6 Å². The monoisotopic (exact) mass is 365 g/mol. The van der Waals surface area contributed by atoms with Crippen LogP contribution in [0.4, 0.5) is 13.2 Å². The molecule has 0 heterocycles. The number of hydrogen-bond acceptors (Lipinski definition) is 2. The zero-order valence-electron chi connectivity index (χ0n) is 15.3. The van der Waals surface area contributed by atoms with E-state index in [1.54, 1.807) is 6.07 Å². The van der Waals surface area contributed by atoms with Crippen molar-refractivity contribution in [3.63, 3.8) is 0 Å². The Bertz CT molecular complexity index is 685. The molecule has 0 aliphatic rings. The first kappa shape index (κ1) is 20.5. The lowest BCUT2D eigenvalue weighted by atomic mass is 9.91. The fraction of sp³-hybridized carbons (Fsp3) is 0.429. The topological polar surface area (TPSA) is 32.3 Å². The van der Waals surface area contributed by atoms with Crippen LogP contribution in [-0.4, -0.2) is 17.2 Å². The van der Waals surface area contributed by atoms with Crippen molar-refractivity contribution >= 4 is 0 Å². The lowest BCUT2D eigenvalue weighted by Crippen LogP contribution is -2.45. The molecule has 0 aliphatic heterocycles. The van der Waals surface area contributed by atoms with E-state index < -0.39 is 17.8 Å². The Hall–Kier alpha value is -1.85. The summed E-state index contributed by atoms with van der Waals surface area (Å²) in [6, 6.07) is 14.5. The van der Waals surface area contributed by atoms with Gasteiger partial charge < -0.3 is 10.4 Å². The Morgan fingerprint density at radius 1 is 0.923 bits per heavy atom. The van der Waals surface area contributed by atoms with E-state index in [-0.39, 0.29) is 30.0 Å². The number of aliphatic hydroxyl groups excluding tert-OH is 1. The summed E-state index contributed by atoms with van der Waals surface area (Å²) in [4.78, 5) is 0. The van der Waals surface area contributed by atoms with Gasteiger partial charge in [-0.1, -0.05) is 62.4 Å². The second kappa shape index (κ2) is 8.69. The summed E-state index contributed by atoms with van der Waals surface area (Å²) in [5.74, 6) is 0.116. The molecule has 2 aromatic carbocycles. The largest absolute Gasteiger partial charge is 0.416 e. The first-order valence-electron chi connectivity index (χ1n) is 8.84. The average molecular weight is 365 g/mol. The highest BCUT2D eigenvalue weighted by Crippen LogP contribution is 2.32. The summed E-state index contributed by atoms with van der Waals surface area (Å²) >= 11 is 0. The molecule has 5 heteroatoms. The van der Waals surface area contributed by atoms with Crippen molar-refractivity contribution in [3.05, 3.63) is 71.3 Å². The second-order valence-electron chi connectivity index (χ2n) is 7.05. The summed E-state index contributed by atoms with van der Waals surface area (Å²) < 4.78 is 39.5. The molecule has 0 aromatic heterocycles. The van der Waals surface area contributed by atoms with Crippen LogP contribution in [0.25, 0.3) is 0 Å². The molecule has 3 atom stereocenters. The van der Waals surface area contributed by atoms with Crippen molar-refractivity contribution in [1.29, 1.82) is 0 Å². The lowest BCUT2D eigenvalue weighted by Gasteiger charge is -2.31. The number of halogens is 3. The Balaban J connectivity index is 2.13. The van der Waals surface area contributed by atoms with Crippen LogP contribution in [-0.2, 0) is 12.6 Å². The van der Waals surface area contributed by atoms with Gasteiger partial charge in [0.2, 0.25) is 0 Å². The first-order valence-corrected chi connectivity index (χ1v) is 8.84. The van der Waals surface area contributed by atoms with Crippen LogP contribution in [0.15, 0.2) is 54.6 Å². The van der Waals surface area contributed by atoms with Gasteiger partial charge in [0.25, 0.3) is 0 Å². The molecule has 26 heavy (non-hydrogen) atoms. The zero-order chi connectivity index (χ0) is 19.3. The second-order valence-corrected chi connectivity index (χ2v) is 7.05. The molecule has 0 saturated heterocycles. The molecule has 0 aliphatic carbocycles. The Morgan fingerprint density at radius 3 is 2.08 bits per heavy atom. The van der Waals surface area contributed by atoms with E-state index in [1.807, 2.05) is 51.1 Å². The smallest absolute Gasteiger partial charge is 0.387 e. The summed E-state index contributed by atoms with van der Waals surface area (Å²) in [7, 11) is 0. The Labute approximate surface area is 153 Å². The van der Waals surface area contributed by atoms with Gasteiger partial charge in [-0.25, -0.2) is 0 Å². The van der Waals surface area contributed by atoms with Crippen molar-refractivity contribution < 1.29 is 18.3 Å². The Kier molecular flexibility index (Phi) is 6.84. The molecule has 0 bridgehead atoms. The minimum atomic E-state index is -4.36. The quantitative estimate of drug-likeness (QED) is 0.725. The molecule has 142 valence electrons. The third kappa shape index (κ3) is 5.32. The van der Waals surface area contributed by atoms with Gasteiger partial charge in [0.1, 0.15) is 0 Å². The normalized spacial score (nSPS) is 15.7. The highest BCUT2D eigenvalue weighted by atomic mass is 19.4. The minimum absolute atomic E-state index is 0.116. The zero-order valence-corrected chi connectivity index (χ0v) is 15.3. The summed E-state index contributed by atoms with van der Waals surface area (Å²) in [5, 5.41) is 14.0. The van der Waals surface area contributed by atoms with E-state index in [0.29, 0.717) is 0 Å². The van der Waals surface area contributed by atoms with Crippen molar-refractivity contribution in [2.75, 3.05) is 0 Å². The third-order valence-electron chi connectivity index (χ3n) is 4.53. The van der Waals surface area contributed by atoms with Gasteiger partial charge in [-0.3, -0.25) is 0 Å². The lowest BCUT2D eigenvalue weighted by molar-refractivity contribution is -0.138. The molecule has 0 spiro atoms. The van der Waals surface area contributed by atoms with Gasteiger partial charge in [-0.15, -0.1) is 0 Å². The first-order chi connectivity index (χ1) is 12.2. The molecule has 0 radical (unpaired) electrons. The summed E-state index contributed by atoms with van der Waals surface area (Å²) in [6.45, 7) is 5.82. The van der Waals surface area contributed by atoms with Crippen molar-refractivity contribution in [2.24, 2.45) is 5.92 Å². The van der Waals surface area contributed by atoms with Gasteiger partial charge in [-0.2, -0.15) is 13.2 Å². The van der Waals surface area contributed by atoms with Crippen LogP contribution in [0, 0.1) is 5.92 Å². The maximum absolute atomic E-state index is 13.2. The fourth-order valence-electron chi connectivity index (χ4n) is 3.20. The van der Waals surface area contributed by atoms with E-state index in [0.717, 1.165) is 11.6 Å². The SMILES string of the molecule is CC(Cc1ccccc1C(F)(F)F)NC(C(C)C)C(O)c1ccccc1. The van der Waals surface area contributed by atoms with Crippen molar-refractivity contribution in [2.45, 2.75) is 51.6 Å². The van der Waals surface area contributed by atoms with Crippen molar-refractivity contribution in [1.82, 2.24) is 5.32 Å². The van der Waals surface area contributed by atoms with E-state index in [4.69, 9.17) is 0 Å². The molecular weight excluding hydrogens is 339 g/mol. The Morgan fingerprint density at radius 2 is 1.50 bits per heavy atom. The predicted octanol–water partition coefficient (Wildman–Crippen LogP) is 4.98. The summed E-state index contributed by atoms with van der Waals surface area (Å²) in [6.07, 6.45) is -4.85. The van der Waals surface area contributed by atoms with Gasteiger partial charge in [0, 0.05) is 12.1 Å². The molecule has 3 unspecified atom stereocenters. The van der Waals surface area contributed by atoms with Gasteiger partial charge in [-0.05, 0) is 36.5 Å². The third-order valence-corrected chi connectivity index (χ3v) is 4.53. The molecular formula is C21H26F3NO. The number of rotatable bonds is 7. The minimum Gasteiger partial charge on any atom is -0.387 e. The number of hydrogen-bond donors (Lipinski definition) is 2. The average Bonchev–Trinajstić information content (AvgIpc) is 2.59. The predicted molar refractivity (Wildman–Crippen MR) is 97.8 cm³/mol. The molecule has 0 fully saturated rings. The molecule has 0 saturated carbocycles. The van der Waals surface area contributed by atoms with Crippen LogP contribution < -0.4 is 5.32 Å². The van der Waals surface area contributed by atoms with Gasteiger partial charge >= 0.3 is 6.18 Å². The molecule has 2 rings (SSSR count). The van der Waals surface area contributed by atoms with E-state index in [2.05, 4.69) is 5.32 Å². The molecule has 2 nitrogen and oxygen atoms in total. The maximum atomic E-state index is 13.2. The molecule has 2 aromatic rings. The van der Waals surface area contributed by atoms with Crippen molar-refractivity contribution in [3.8, 4) is 0 Å². The molecule has 2 N–H and O–H groups in total. The van der Waals surface area contributed by atoms with Gasteiger partial charge in [0.15, 0.2) is 0 Å². The molecule has 0 amide bonds. The van der Waals surface area contributed by atoms with E-state index in [1.165, 1.54) is 12.1 Å². The fourth-order valence-corrected chi connectivity index (χ4v) is 3.20. The number of nitrogens with one attached hydrogen (secondary N) is 1. The van der Waals surface area contributed by atoms with Crippen LogP contribution in [0.5, 0.6) is 0 Å². The van der Waals surface area contributed by atoms with E-state index in [9.17, 15) is 18.3 Å². The number of alkyl halides is 3. The maximum Gasteiger partial charge on any atom is 0.416 e. The highest BCUT2D eigenvalue weighted by Gasteiger charge is 2.33. The van der Waals surface area contributed by atoms with Crippen LogP contribution in [0.3, 0.4) is 0 Å². The summed E-state index contributed by atoms with van der Waals surface area (Å²) in [5.41, 5.74) is 0.455. The van der Waals surface area contributed by atoms with Gasteiger partial charge in [0.05, 0.1) is 11.7 Å².